The first-order valence-electron chi connectivity index (χ1n) is 6.38. The average Bonchev–Trinajstić information content (AvgIpc) is 3.14. The largest absolute Gasteiger partial charge is 0.478 e. The van der Waals surface area contributed by atoms with Gasteiger partial charge in [-0.1, -0.05) is 0 Å². The zero-order chi connectivity index (χ0) is 15.6. The zero-order valence-electron chi connectivity index (χ0n) is 11.2. The molecule has 8 heteroatoms. The Morgan fingerprint density at radius 1 is 1.48 bits per heavy atom. The molecule has 21 heavy (non-hydrogen) atoms. The monoisotopic (exact) mass is 296 g/mol. The van der Waals surface area contributed by atoms with E-state index in [4.69, 9.17) is 10.2 Å². The first-order chi connectivity index (χ1) is 9.91. The fourth-order valence-electron chi connectivity index (χ4n) is 2.39. The molecule has 0 amide bonds. The van der Waals surface area contributed by atoms with Crippen molar-refractivity contribution in [1.29, 1.82) is 0 Å². The number of aliphatic carboxylic acids is 1. The number of carboxylic acid groups (broad SMARTS) is 1. The quantitative estimate of drug-likeness (QED) is 0.478. The van der Waals surface area contributed by atoms with Crippen LogP contribution in [-0.4, -0.2) is 44.1 Å². The third kappa shape index (κ3) is 3.11. The van der Waals surface area contributed by atoms with Gasteiger partial charge in [-0.15, -0.1) is 0 Å². The number of carbonyl (C=O) groups is 1. The van der Waals surface area contributed by atoms with E-state index in [1.165, 1.54) is 10.8 Å². The van der Waals surface area contributed by atoms with Gasteiger partial charge in [0.1, 0.15) is 0 Å². The summed E-state index contributed by atoms with van der Waals surface area (Å²) in [6.07, 6.45) is 3.74. The minimum atomic E-state index is -1.21. The smallest absolute Gasteiger partial charge is 0.328 e. The third-order valence-corrected chi connectivity index (χ3v) is 3.82. The number of hydrogen-bond acceptors (Lipinski definition) is 5. The van der Waals surface area contributed by atoms with Gasteiger partial charge in [-0.05, 0) is 18.4 Å². The van der Waals surface area contributed by atoms with E-state index >= 15 is 0 Å². The maximum Gasteiger partial charge on any atom is 0.328 e. The number of aromatic nitrogens is 2. The van der Waals surface area contributed by atoms with E-state index in [0.717, 1.165) is 12.2 Å². The molecule has 8 nitrogen and oxygen atoms in total. The molecule has 1 aliphatic rings. The summed E-state index contributed by atoms with van der Waals surface area (Å²) in [6, 6.07) is 0. The standard InChI is InChI=1S/C13H16N2O6/c16-5-9-3-13(9,7-17)6-15-4-8(1-2-10(18)19)11(20)14-12(15)21/h1-2,4,9,16-17H,3,5-7H2,(H,18,19)(H,14,20,21)/t9-,13-/m0/s1. The molecule has 4 N–H and O–H groups in total. The number of aliphatic hydroxyl groups excluding tert-OH is 2. The van der Waals surface area contributed by atoms with Crippen LogP contribution >= 0.6 is 0 Å². The summed E-state index contributed by atoms with van der Waals surface area (Å²) in [5.74, 6) is -1.29. The maximum absolute atomic E-state index is 11.8. The second-order valence-electron chi connectivity index (χ2n) is 5.25. The third-order valence-electron chi connectivity index (χ3n) is 3.82. The summed E-state index contributed by atoms with van der Waals surface area (Å²) in [4.78, 5) is 35.9. The average molecular weight is 296 g/mol. The number of hydrogen-bond donors (Lipinski definition) is 4. The molecule has 1 saturated carbocycles. The van der Waals surface area contributed by atoms with E-state index < -0.39 is 22.6 Å². The van der Waals surface area contributed by atoms with Gasteiger partial charge in [0.25, 0.3) is 5.56 Å². The van der Waals surface area contributed by atoms with Crippen molar-refractivity contribution in [3.63, 3.8) is 0 Å². The lowest BCUT2D eigenvalue weighted by atomic mass is 10.1. The van der Waals surface area contributed by atoms with Gasteiger partial charge >= 0.3 is 11.7 Å². The summed E-state index contributed by atoms with van der Waals surface area (Å²) in [5, 5.41) is 27.1. The second-order valence-corrected chi connectivity index (χ2v) is 5.25. The van der Waals surface area contributed by atoms with Crippen molar-refractivity contribution in [2.24, 2.45) is 11.3 Å². The van der Waals surface area contributed by atoms with Crippen molar-refractivity contribution in [2.45, 2.75) is 13.0 Å². The molecule has 1 aromatic heterocycles. The van der Waals surface area contributed by atoms with Crippen LogP contribution in [0.2, 0.25) is 0 Å². The highest BCUT2D eigenvalue weighted by atomic mass is 16.4. The molecule has 0 bridgehead atoms. The van der Waals surface area contributed by atoms with Crippen LogP contribution in [0.15, 0.2) is 21.9 Å². The number of rotatable bonds is 6. The Morgan fingerprint density at radius 2 is 2.19 bits per heavy atom. The Labute approximate surface area is 119 Å². The maximum atomic E-state index is 11.8. The van der Waals surface area contributed by atoms with Crippen LogP contribution in [-0.2, 0) is 11.3 Å². The number of aromatic amines is 1. The van der Waals surface area contributed by atoms with Crippen LogP contribution in [0.4, 0.5) is 0 Å². The molecular weight excluding hydrogens is 280 g/mol. The Bertz CT molecular complexity index is 689. The first-order valence-corrected chi connectivity index (χ1v) is 6.38. The Hall–Kier alpha value is -2.19. The highest BCUT2D eigenvalue weighted by Crippen LogP contribution is 2.52. The zero-order valence-corrected chi connectivity index (χ0v) is 11.2. The molecule has 1 fully saturated rings. The van der Waals surface area contributed by atoms with Gasteiger partial charge in [0.15, 0.2) is 0 Å². The van der Waals surface area contributed by atoms with E-state index in [1.54, 1.807) is 0 Å². The van der Waals surface area contributed by atoms with Gasteiger partial charge < -0.3 is 15.3 Å². The van der Waals surface area contributed by atoms with Crippen molar-refractivity contribution < 1.29 is 20.1 Å². The highest BCUT2D eigenvalue weighted by molar-refractivity contribution is 5.85. The molecule has 0 aliphatic heterocycles. The molecule has 1 aromatic rings. The molecule has 114 valence electrons. The van der Waals surface area contributed by atoms with Crippen LogP contribution in [0.1, 0.15) is 12.0 Å². The summed E-state index contributed by atoms with van der Waals surface area (Å²) in [7, 11) is 0. The molecule has 0 saturated heterocycles. The summed E-state index contributed by atoms with van der Waals surface area (Å²) < 4.78 is 1.22. The van der Waals surface area contributed by atoms with E-state index in [-0.39, 0.29) is 31.2 Å². The molecule has 2 rings (SSSR count). The Balaban J connectivity index is 2.32. The predicted molar refractivity (Wildman–Crippen MR) is 72.7 cm³/mol. The van der Waals surface area contributed by atoms with Gasteiger partial charge in [-0.3, -0.25) is 14.3 Å². The lowest BCUT2D eigenvalue weighted by Crippen LogP contribution is -2.34. The van der Waals surface area contributed by atoms with Gasteiger partial charge in [0.2, 0.25) is 0 Å². The molecule has 0 spiro atoms. The Kier molecular flexibility index (Phi) is 4.10. The van der Waals surface area contributed by atoms with Crippen LogP contribution in [0.3, 0.4) is 0 Å². The normalized spacial score (nSPS) is 24.4. The number of H-pyrrole nitrogens is 1. The lowest BCUT2D eigenvalue weighted by molar-refractivity contribution is -0.131. The topological polar surface area (TPSA) is 133 Å². The van der Waals surface area contributed by atoms with Crippen LogP contribution < -0.4 is 11.2 Å². The van der Waals surface area contributed by atoms with Crippen molar-refractivity contribution in [1.82, 2.24) is 9.55 Å². The Morgan fingerprint density at radius 3 is 2.71 bits per heavy atom. The minimum absolute atomic E-state index is 0.0336. The SMILES string of the molecule is O=C(O)C=Cc1cn(C[C@]2(CO)C[C@H]2CO)c(=O)[nH]c1=O. The highest BCUT2D eigenvalue weighted by Gasteiger charge is 2.53. The molecule has 0 radical (unpaired) electrons. The van der Waals surface area contributed by atoms with Gasteiger partial charge in [0, 0.05) is 30.8 Å². The van der Waals surface area contributed by atoms with Crippen molar-refractivity contribution in [3.05, 3.63) is 38.7 Å². The minimum Gasteiger partial charge on any atom is -0.478 e. The van der Waals surface area contributed by atoms with E-state index in [2.05, 4.69) is 4.98 Å². The van der Waals surface area contributed by atoms with Crippen molar-refractivity contribution >= 4 is 12.0 Å². The number of nitrogens with one attached hydrogen (secondary N) is 1. The fraction of sp³-hybridized carbons (Fsp3) is 0.462. The van der Waals surface area contributed by atoms with Gasteiger partial charge in [-0.2, -0.15) is 0 Å². The molecule has 0 unspecified atom stereocenters. The summed E-state index contributed by atoms with van der Waals surface area (Å²) >= 11 is 0. The first kappa shape index (κ1) is 15.2. The van der Waals surface area contributed by atoms with Crippen LogP contribution in [0, 0.1) is 11.3 Å². The molecule has 1 heterocycles. The molecular formula is C13H16N2O6. The molecule has 1 aliphatic carbocycles. The van der Waals surface area contributed by atoms with E-state index in [0.29, 0.717) is 6.42 Å². The van der Waals surface area contributed by atoms with Gasteiger partial charge in [0.05, 0.1) is 12.2 Å². The number of carboxylic acids is 1. The molecule has 2 atom stereocenters. The molecule has 0 aromatic carbocycles. The summed E-state index contributed by atoms with van der Waals surface area (Å²) in [6.45, 7) is -0.104. The fourth-order valence-corrected chi connectivity index (χ4v) is 2.39. The van der Waals surface area contributed by atoms with E-state index in [9.17, 15) is 19.5 Å². The second kappa shape index (κ2) is 5.66. The summed E-state index contributed by atoms with van der Waals surface area (Å²) in [5.41, 5.74) is -1.85. The lowest BCUT2D eigenvalue weighted by Gasteiger charge is -2.15. The van der Waals surface area contributed by atoms with Crippen LogP contribution in [0.25, 0.3) is 6.08 Å². The van der Waals surface area contributed by atoms with E-state index in [1.807, 2.05) is 0 Å². The predicted octanol–water partition coefficient (Wildman–Crippen LogP) is -1.37. The van der Waals surface area contributed by atoms with Crippen molar-refractivity contribution in [3.8, 4) is 0 Å². The van der Waals surface area contributed by atoms with Crippen LogP contribution in [0.5, 0.6) is 0 Å². The van der Waals surface area contributed by atoms with Gasteiger partial charge in [-0.25, -0.2) is 9.59 Å². The number of nitrogens with zero attached hydrogens (tertiary/aromatic N) is 1. The van der Waals surface area contributed by atoms with Crippen molar-refractivity contribution in [2.75, 3.05) is 13.2 Å². The number of aliphatic hydroxyl groups is 2.